The topological polar surface area (TPSA) is 80.6 Å². The minimum atomic E-state index is -0.364. The molecule has 0 fully saturated rings. The predicted molar refractivity (Wildman–Crippen MR) is 107 cm³/mol. The highest BCUT2D eigenvalue weighted by molar-refractivity contribution is 6.03. The van der Waals surface area contributed by atoms with Crippen molar-refractivity contribution in [1.82, 2.24) is 5.32 Å². The van der Waals surface area contributed by atoms with Crippen LogP contribution in [0.4, 0.5) is 5.69 Å². The third kappa shape index (κ3) is 5.01. The van der Waals surface area contributed by atoms with Crippen LogP contribution in [-0.2, 0) is 0 Å². The molecule has 144 valence electrons. The van der Waals surface area contributed by atoms with Crippen LogP contribution in [0.5, 0.6) is 5.75 Å². The van der Waals surface area contributed by atoms with Crippen molar-refractivity contribution < 1.29 is 18.7 Å². The van der Waals surface area contributed by atoms with Gasteiger partial charge in [-0.1, -0.05) is 18.2 Å². The summed E-state index contributed by atoms with van der Waals surface area (Å²) in [6, 6.07) is 16.1. The number of furan rings is 1. The molecule has 0 unspecified atom stereocenters. The fourth-order valence-corrected chi connectivity index (χ4v) is 2.63. The molecule has 2 amide bonds. The molecule has 0 aliphatic carbocycles. The van der Waals surface area contributed by atoms with E-state index in [1.807, 2.05) is 38.1 Å². The molecule has 28 heavy (non-hydrogen) atoms. The zero-order valence-corrected chi connectivity index (χ0v) is 15.8. The largest absolute Gasteiger partial charge is 0.492 e. The zero-order chi connectivity index (χ0) is 19.9. The summed E-state index contributed by atoms with van der Waals surface area (Å²) in [4.78, 5) is 24.5. The number of carbonyl (C=O) groups is 2. The van der Waals surface area contributed by atoms with Crippen molar-refractivity contribution in [2.24, 2.45) is 0 Å². The van der Waals surface area contributed by atoms with Gasteiger partial charge >= 0.3 is 0 Å². The summed E-state index contributed by atoms with van der Waals surface area (Å²) in [5.74, 6) is 0.383. The van der Waals surface area contributed by atoms with Crippen LogP contribution in [0, 0.1) is 13.8 Å². The Morgan fingerprint density at radius 3 is 2.61 bits per heavy atom. The molecule has 6 nitrogen and oxygen atoms in total. The average Bonchev–Trinajstić information content (AvgIpc) is 3.22. The highest BCUT2D eigenvalue weighted by Gasteiger charge is 2.13. The first kappa shape index (κ1) is 19.2. The second kappa shape index (κ2) is 8.90. The fourth-order valence-electron chi connectivity index (χ4n) is 2.63. The summed E-state index contributed by atoms with van der Waals surface area (Å²) in [6.45, 7) is 4.58. The lowest BCUT2D eigenvalue weighted by atomic mass is 10.1. The minimum absolute atomic E-state index is 0.211. The van der Waals surface area contributed by atoms with E-state index in [4.69, 9.17) is 9.15 Å². The molecular formula is C22H22N2O4. The second-order valence-corrected chi connectivity index (χ2v) is 6.38. The number of aryl methyl sites for hydroxylation is 2. The summed E-state index contributed by atoms with van der Waals surface area (Å²) in [6.07, 6.45) is 1.43. The number of nitrogens with one attached hydrogen (secondary N) is 2. The van der Waals surface area contributed by atoms with Gasteiger partial charge in [0.15, 0.2) is 5.76 Å². The first-order chi connectivity index (χ1) is 13.5. The Kier molecular flexibility index (Phi) is 6.11. The van der Waals surface area contributed by atoms with Gasteiger partial charge in [-0.3, -0.25) is 9.59 Å². The van der Waals surface area contributed by atoms with Crippen molar-refractivity contribution in [2.45, 2.75) is 13.8 Å². The predicted octanol–water partition coefficient (Wildman–Crippen LogP) is 3.96. The SMILES string of the molecule is Cc1cccc(OCCNC(=O)c2ccc(C)c(NC(=O)c3ccco3)c2)c1. The molecular weight excluding hydrogens is 356 g/mol. The molecule has 0 spiro atoms. The molecule has 1 heterocycles. The first-order valence-corrected chi connectivity index (χ1v) is 8.96. The van der Waals surface area contributed by atoms with Crippen LogP contribution in [0.3, 0.4) is 0 Å². The molecule has 3 aromatic rings. The van der Waals surface area contributed by atoms with E-state index < -0.39 is 0 Å². The number of hydrogen-bond donors (Lipinski definition) is 2. The quantitative estimate of drug-likeness (QED) is 0.610. The molecule has 2 aromatic carbocycles. The fraction of sp³-hybridized carbons (Fsp3) is 0.182. The van der Waals surface area contributed by atoms with Crippen LogP contribution in [0.25, 0.3) is 0 Å². The monoisotopic (exact) mass is 378 g/mol. The Labute approximate surface area is 163 Å². The Balaban J connectivity index is 1.55. The van der Waals surface area contributed by atoms with Gasteiger partial charge in [-0.25, -0.2) is 0 Å². The number of carbonyl (C=O) groups excluding carboxylic acids is 2. The molecule has 3 rings (SSSR count). The van der Waals surface area contributed by atoms with Crippen LogP contribution in [0.2, 0.25) is 0 Å². The lowest BCUT2D eigenvalue weighted by Crippen LogP contribution is -2.28. The van der Waals surface area contributed by atoms with E-state index in [1.165, 1.54) is 6.26 Å². The van der Waals surface area contributed by atoms with Gasteiger partial charge in [0.2, 0.25) is 0 Å². The van der Waals surface area contributed by atoms with E-state index in [2.05, 4.69) is 10.6 Å². The molecule has 0 saturated heterocycles. The van der Waals surface area contributed by atoms with Gasteiger partial charge in [0.1, 0.15) is 12.4 Å². The number of anilines is 1. The van der Waals surface area contributed by atoms with E-state index in [0.29, 0.717) is 24.4 Å². The highest BCUT2D eigenvalue weighted by atomic mass is 16.5. The third-order valence-electron chi connectivity index (χ3n) is 4.14. The molecule has 0 aliphatic rings. The van der Waals surface area contributed by atoms with Crippen molar-refractivity contribution in [3.05, 3.63) is 83.3 Å². The van der Waals surface area contributed by atoms with Crippen LogP contribution in [0.1, 0.15) is 32.0 Å². The van der Waals surface area contributed by atoms with Crippen molar-refractivity contribution >= 4 is 17.5 Å². The van der Waals surface area contributed by atoms with E-state index in [-0.39, 0.29) is 17.6 Å². The van der Waals surface area contributed by atoms with Crippen LogP contribution >= 0.6 is 0 Å². The van der Waals surface area contributed by atoms with Gasteiger partial charge in [-0.05, 0) is 61.4 Å². The Bertz CT molecular complexity index is 964. The molecule has 6 heteroatoms. The Hall–Kier alpha value is -3.54. The van der Waals surface area contributed by atoms with Crippen molar-refractivity contribution in [3.63, 3.8) is 0 Å². The summed E-state index contributed by atoms with van der Waals surface area (Å²) in [5.41, 5.74) is 2.98. The maximum absolute atomic E-state index is 12.4. The number of hydrogen-bond acceptors (Lipinski definition) is 4. The summed E-state index contributed by atoms with van der Waals surface area (Å²) in [7, 11) is 0. The maximum Gasteiger partial charge on any atom is 0.291 e. The lowest BCUT2D eigenvalue weighted by Gasteiger charge is -2.11. The van der Waals surface area contributed by atoms with E-state index in [9.17, 15) is 9.59 Å². The third-order valence-corrected chi connectivity index (χ3v) is 4.14. The number of benzene rings is 2. The van der Waals surface area contributed by atoms with Crippen molar-refractivity contribution in [3.8, 4) is 5.75 Å². The second-order valence-electron chi connectivity index (χ2n) is 6.38. The van der Waals surface area contributed by atoms with Gasteiger partial charge in [-0.15, -0.1) is 0 Å². The van der Waals surface area contributed by atoms with Crippen molar-refractivity contribution in [1.29, 1.82) is 0 Å². The minimum Gasteiger partial charge on any atom is -0.492 e. The van der Waals surface area contributed by atoms with Gasteiger partial charge in [0.25, 0.3) is 11.8 Å². The Morgan fingerprint density at radius 2 is 1.86 bits per heavy atom. The molecule has 1 aromatic heterocycles. The van der Waals surface area contributed by atoms with Gasteiger partial charge in [-0.2, -0.15) is 0 Å². The van der Waals surface area contributed by atoms with Crippen molar-refractivity contribution in [2.75, 3.05) is 18.5 Å². The number of rotatable bonds is 7. The standard InChI is InChI=1S/C22H22N2O4/c1-15-5-3-6-18(13-15)27-12-10-23-21(25)17-9-8-16(2)19(14-17)24-22(26)20-7-4-11-28-20/h3-9,11,13-14H,10,12H2,1-2H3,(H,23,25)(H,24,26). The summed E-state index contributed by atoms with van der Waals surface area (Å²) >= 11 is 0. The highest BCUT2D eigenvalue weighted by Crippen LogP contribution is 2.18. The molecule has 0 atom stereocenters. The van der Waals surface area contributed by atoms with Gasteiger partial charge < -0.3 is 19.8 Å². The number of amides is 2. The van der Waals surface area contributed by atoms with E-state index >= 15 is 0 Å². The molecule has 0 aliphatic heterocycles. The van der Waals surface area contributed by atoms with Crippen LogP contribution in [0.15, 0.2) is 65.3 Å². The molecule has 0 bridgehead atoms. The van der Waals surface area contributed by atoms with Gasteiger partial charge in [0.05, 0.1) is 12.8 Å². The van der Waals surface area contributed by atoms with Gasteiger partial charge in [0, 0.05) is 11.3 Å². The van der Waals surface area contributed by atoms with Crippen LogP contribution < -0.4 is 15.4 Å². The molecule has 0 saturated carbocycles. The number of ether oxygens (including phenoxy) is 1. The van der Waals surface area contributed by atoms with E-state index in [1.54, 1.807) is 30.3 Å². The lowest BCUT2D eigenvalue weighted by molar-refractivity contribution is 0.0945. The smallest absolute Gasteiger partial charge is 0.291 e. The zero-order valence-electron chi connectivity index (χ0n) is 15.8. The summed E-state index contributed by atoms with van der Waals surface area (Å²) < 4.78 is 10.7. The first-order valence-electron chi connectivity index (χ1n) is 8.96. The molecule has 0 radical (unpaired) electrons. The Morgan fingerprint density at radius 1 is 1.00 bits per heavy atom. The normalized spacial score (nSPS) is 10.4. The molecule has 2 N–H and O–H groups in total. The average molecular weight is 378 g/mol. The van der Waals surface area contributed by atoms with E-state index in [0.717, 1.165) is 16.9 Å². The maximum atomic E-state index is 12.4. The van der Waals surface area contributed by atoms with Crippen LogP contribution in [-0.4, -0.2) is 25.0 Å². The summed E-state index contributed by atoms with van der Waals surface area (Å²) in [5, 5.41) is 5.58.